The highest BCUT2D eigenvalue weighted by molar-refractivity contribution is 7.91. The molecule has 2 aliphatic rings. The molecule has 0 bridgehead atoms. The Labute approximate surface area is 428 Å². The number of piperidine rings is 2. The van der Waals surface area contributed by atoms with Crippen molar-refractivity contribution in [2.45, 2.75) is 88.8 Å². The van der Waals surface area contributed by atoms with E-state index in [9.17, 15) is 33.4 Å². The van der Waals surface area contributed by atoms with Crippen LogP contribution in [0.4, 0.5) is 0 Å². The number of aryl methyl sites for hydroxylation is 2. The van der Waals surface area contributed by atoms with E-state index < -0.39 is 49.9 Å². The van der Waals surface area contributed by atoms with Crippen LogP contribution in [0.5, 0.6) is 11.5 Å². The Morgan fingerprint density at radius 3 is 1.75 bits per heavy atom. The van der Waals surface area contributed by atoms with Gasteiger partial charge in [0, 0.05) is 98.7 Å². The van der Waals surface area contributed by atoms with Crippen molar-refractivity contribution in [1.82, 2.24) is 38.3 Å². The van der Waals surface area contributed by atoms with E-state index in [-0.39, 0.29) is 78.7 Å². The Kier molecular flexibility index (Phi) is 18.0. The fourth-order valence-electron chi connectivity index (χ4n) is 8.07. The number of halogens is 4. The number of phenolic OH excluding ortho intramolecular Hbond substituents is 1. The van der Waals surface area contributed by atoms with E-state index in [0.29, 0.717) is 68.7 Å². The average Bonchev–Trinajstić information content (AvgIpc) is 3.29. The second-order valence-corrected chi connectivity index (χ2v) is 24.8. The number of nitrogens with zero attached hydrogens (tertiary/aromatic N) is 6. The van der Waals surface area contributed by atoms with Gasteiger partial charge >= 0.3 is 0 Å². The van der Waals surface area contributed by atoms with Gasteiger partial charge in [-0.1, -0.05) is 46.4 Å². The third-order valence-electron chi connectivity index (χ3n) is 12.1. The second-order valence-electron chi connectivity index (χ2n) is 19.2. The molecule has 69 heavy (non-hydrogen) atoms. The molecule has 22 heteroatoms. The molecule has 2 saturated heterocycles. The van der Waals surface area contributed by atoms with Gasteiger partial charge in [-0.25, -0.2) is 9.97 Å². The van der Waals surface area contributed by atoms with Crippen LogP contribution in [0.15, 0.2) is 58.5 Å². The first-order valence-corrected chi connectivity index (χ1v) is 26.2. The van der Waals surface area contributed by atoms with Gasteiger partial charge in [0.25, 0.3) is 22.9 Å². The standard InChI is InChI=1S/C47H58Cl4N8O8S2/c1-46(2,3)68(65)54-41(29-20-31(48)33(50)22-38(29)60)27-11-17-59(18-12-27)45(64)37-26-57(8)43(62)35(53-37)10-9-19-67-39-23-34(51)32(49)21-30(39)42(55-69(66)47(4,5)6)28-13-15-58(16-14-28)44(63)36-25-56(7)40(61)24-52-36/h9-10,20-28,41-42,54-55,60H,11-19H2,1-8H3/b10-9+/t41-,42-,68?,69?/m1/s1. The monoisotopic (exact) mass is 1070 g/mol. The van der Waals surface area contributed by atoms with Crippen molar-refractivity contribution in [2.24, 2.45) is 25.9 Å². The van der Waals surface area contributed by atoms with Gasteiger partial charge in [-0.05, 0) is 103 Å². The zero-order chi connectivity index (χ0) is 50.7. The number of aromatic hydroxyl groups is 1. The SMILES string of the molecule is Cn1cc(C(=O)N2CCC([C@@H](N[S+]([O-])C(C)(C)C)c3cc(Cl)c(Cl)cc3OC/C=C/c3nc(C(=O)N4CCC([C@@H](N[S+]([O-])C(C)(C)C)c5cc(Cl)c(Cl)cc5O)CC4)cn(C)c3=O)CC2)ncc1=O. The molecule has 6 rings (SSSR count). The summed E-state index contributed by atoms with van der Waals surface area (Å²) >= 11 is 22.7. The summed E-state index contributed by atoms with van der Waals surface area (Å²) < 4.78 is 41.2. The molecule has 2 fully saturated rings. The number of hydrogen-bond acceptors (Lipinski definition) is 12. The van der Waals surface area contributed by atoms with E-state index >= 15 is 0 Å². The van der Waals surface area contributed by atoms with E-state index in [1.165, 1.54) is 40.7 Å². The summed E-state index contributed by atoms with van der Waals surface area (Å²) in [7, 11) is 3.09. The minimum Gasteiger partial charge on any atom is -0.598 e. The van der Waals surface area contributed by atoms with Gasteiger partial charge in [-0.2, -0.15) is 0 Å². The minimum absolute atomic E-state index is 0.00885. The molecule has 0 spiro atoms. The minimum atomic E-state index is -1.53. The average molecular weight is 1070 g/mol. The van der Waals surface area contributed by atoms with Crippen molar-refractivity contribution < 1.29 is 28.5 Å². The number of benzene rings is 2. The van der Waals surface area contributed by atoms with Crippen LogP contribution in [0.2, 0.25) is 20.1 Å². The van der Waals surface area contributed by atoms with Gasteiger partial charge in [0.2, 0.25) is 0 Å². The Bertz CT molecular complexity index is 2680. The molecule has 0 aliphatic carbocycles. The van der Waals surface area contributed by atoms with Gasteiger partial charge in [0.05, 0.1) is 38.4 Å². The highest BCUT2D eigenvalue weighted by Crippen LogP contribution is 2.42. The molecule has 2 aromatic carbocycles. The first-order valence-electron chi connectivity index (χ1n) is 22.3. The summed E-state index contributed by atoms with van der Waals surface area (Å²) in [6, 6.07) is 5.10. The number of amides is 2. The van der Waals surface area contributed by atoms with Gasteiger partial charge in [0.1, 0.15) is 44.7 Å². The Morgan fingerprint density at radius 1 is 0.768 bits per heavy atom. The van der Waals surface area contributed by atoms with Crippen LogP contribution in [-0.2, 0) is 36.8 Å². The summed E-state index contributed by atoms with van der Waals surface area (Å²) in [5, 5.41) is 11.8. The van der Waals surface area contributed by atoms with Crippen LogP contribution in [0.1, 0.15) is 117 Å². The number of phenols is 1. The lowest BCUT2D eigenvalue weighted by molar-refractivity contribution is 0.0660. The van der Waals surface area contributed by atoms with E-state index in [2.05, 4.69) is 19.4 Å². The number of carbonyl (C=O) groups excluding carboxylic acids is 2. The molecule has 16 nitrogen and oxygen atoms in total. The number of aromatic nitrogens is 4. The van der Waals surface area contributed by atoms with Crippen molar-refractivity contribution >= 4 is 87.0 Å². The predicted molar refractivity (Wildman–Crippen MR) is 273 cm³/mol. The van der Waals surface area contributed by atoms with Gasteiger partial charge in [-0.15, -0.1) is 9.44 Å². The summed E-state index contributed by atoms with van der Waals surface area (Å²) in [5.41, 5.74) is 0.528. The number of likely N-dealkylation sites (tertiary alicyclic amines) is 2. The molecule has 374 valence electrons. The molecule has 0 radical (unpaired) electrons. The summed E-state index contributed by atoms with van der Waals surface area (Å²) in [6.45, 7) is 12.4. The molecule has 4 atom stereocenters. The third-order valence-corrected chi connectivity index (χ3v) is 16.7. The first-order chi connectivity index (χ1) is 32.3. The molecule has 0 saturated carbocycles. The molecule has 2 amide bonds. The van der Waals surface area contributed by atoms with Gasteiger partial charge in [-0.3, -0.25) is 19.2 Å². The zero-order valence-electron chi connectivity index (χ0n) is 39.7. The lowest BCUT2D eigenvalue weighted by Gasteiger charge is -2.38. The van der Waals surface area contributed by atoms with Crippen LogP contribution in [-0.4, -0.2) is 97.2 Å². The smallest absolute Gasteiger partial charge is 0.276 e. The number of hydrogen-bond donors (Lipinski definition) is 3. The molecule has 4 heterocycles. The largest absolute Gasteiger partial charge is 0.598 e. The third kappa shape index (κ3) is 13.4. The summed E-state index contributed by atoms with van der Waals surface area (Å²) in [6.07, 6.45) is 9.05. The normalized spacial score (nSPS) is 17.2. The maximum absolute atomic E-state index is 14.0. The maximum atomic E-state index is 14.0. The molecule has 2 aromatic heterocycles. The molecular weight excluding hydrogens is 1010 g/mol. The molecule has 3 N–H and O–H groups in total. The number of rotatable bonds is 14. The summed E-state index contributed by atoms with van der Waals surface area (Å²) in [5.74, 6) is -0.667. The number of ether oxygens (including phenoxy) is 1. The number of carbonyl (C=O) groups is 2. The van der Waals surface area contributed by atoms with Gasteiger partial charge in [0.15, 0.2) is 0 Å². The molecular formula is C47H58Cl4N8O8S2. The fraction of sp³-hybridized carbons (Fsp3) is 0.489. The van der Waals surface area contributed by atoms with Crippen molar-refractivity contribution in [1.29, 1.82) is 0 Å². The quantitative estimate of drug-likeness (QED) is 0.104. The molecule has 4 aromatic rings. The van der Waals surface area contributed by atoms with Crippen molar-refractivity contribution in [2.75, 3.05) is 32.8 Å². The van der Waals surface area contributed by atoms with E-state index in [0.717, 1.165) is 6.20 Å². The predicted octanol–water partition coefficient (Wildman–Crippen LogP) is 7.58. The van der Waals surface area contributed by atoms with Crippen LogP contribution in [0, 0.1) is 11.8 Å². The van der Waals surface area contributed by atoms with Crippen molar-refractivity contribution in [3.63, 3.8) is 0 Å². The lowest BCUT2D eigenvalue weighted by atomic mass is 9.85. The topological polar surface area (TPSA) is 210 Å². The van der Waals surface area contributed by atoms with Crippen LogP contribution >= 0.6 is 46.4 Å². The Morgan fingerprint density at radius 2 is 1.23 bits per heavy atom. The van der Waals surface area contributed by atoms with E-state index in [1.54, 1.807) is 41.1 Å². The highest BCUT2D eigenvalue weighted by Gasteiger charge is 2.40. The lowest BCUT2D eigenvalue weighted by Crippen LogP contribution is -2.46. The fourth-order valence-corrected chi connectivity index (χ4v) is 10.5. The van der Waals surface area contributed by atoms with Crippen LogP contribution < -0.4 is 25.3 Å². The Hall–Kier alpha value is -3.82. The van der Waals surface area contributed by atoms with E-state index in [1.807, 2.05) is 41.5 Å². The van der Waals surface area contributed by atoms with Gasteiger partial charge < -0.3 is 37.9 Å². The van der Waals surface area contributed by atoms with Crippen LogP contribution in [0.3, 0.4) is 0 Å². The van der Waals surface area contributed by atoms with E-state index in [4.69, 9.17) is 51.1 Å². The van der Waals surface area contributed by atoms with Crippen LogP contribution in [0.25, 0.3) is 6.08 Å². The number of nitrogens with one attached hydrogen (secondary N) is 2. The Balaban J connectivity index is 1.17. The molecule has 2 unspecified atom stereocenters. The van der Waals surface area contributed by atoms with Crippen molar-refractivity contribution in [3.8, 4) is 11.5 Å². The molecule has 2 aliphatic heterocycles. The zero-order valence-corrected chi connectivity index (χ0v) is 44.3. The second kappa shape index (κ2) is 22.7. The maximum Gasteiger partial charge on any atom is 0.276 e. The highest BCUT2D eigenvalue weighted by atomic mass is 35.5. The summed E-state index contributed by atoms with van der Waals surface area (Å²) in [4.78, 5) is 64.4. The van der Waals surface area contributed by atoms with Crippen molar-refractivity contribution in [3.05, 3.63) is 118 Å². The first kappa shape index (κ1) is 54.5.